The zero-order valence-electron chi connectivity index (χ0n) is 79.5. The molecule has 20 saturated carbocycles. The Balaban J connectivity index is 0.000000115. The largest absolute Gasteiger partial charge is 0.392 e. The average molecular weight is 1810 g/mol. The van der Waals surface area contributed by atoms with Crippen molar-refractivity contribution < 1.29 is 62.4 Å². The first kappa shape index (κ1) is 96.6. The smallest absolute Gasteiger partial charge is 0.266 e. The zero-order chi connectivity index (χ0) is 89.3. The molecule has 20 fully saturated rings. The van der Waals surface area contributed by atoms with Crippen LogP contribution in [-0.4, -0.2) is 122 Å². The summed E-state index contributed by atoms with van der Waals surface area (Å²) in [6.07, 6.45) is 47.7. The van der Waals surface area contributed by atoms with Crippen LogP contribution in [0.2, 0.25) is 0 Å². The lowest BCUT2D eigenvalue weighted by molar-refractivity contribution is -0.158. The van der Waals surface area contributed by atoms with Gasteiger partial charge in [-0.15, -0.1) is 0 Å². The Morgan fingerprint density at radius 3 is 0.808 bits per heavy atom. The number of rotatable bonds is 14. The van der Waals surface area contributed by atoms with E-state index in [0.29, 0.717) is 156 Å². The number of aliphatic hydroxyl groups is 7. The molecule has 20 aliphatic carbocycles. The number of halogens is 6. The van der Waals surface area contributed by atoms with E-state index in [2.05, 4.69) is 97.3 Å². The monoisotopic (exact) mass is 1810 g/mol. The third kappa shape index (κ3) is 17.5. The van der Waals surface area contributed by atoms with Gasteiger partial charge in [-0.3, -0.25) is 0 Å². The van der Waals surface area contributed by atoms with Crippen molar-refractivity contribution in [3.8, 4) is 0 Å². The van der Waals surface area contributed by atoms with Gasteiger partial charge < -0.3 is 40.5 Å². The molecule has 0 aliphatic heterocycles. The van der Waals surface area contributed by atoms with Gasteiger partial charge in [-0.1, -0.05) is 100 Å². The van der Waals surface area contributed by atoms with E-state index in [-0.39, 0.29) is 13.2 Å². The fourth-order valence-electron chi connectivity index (χ4n) is 39.7. The number of hydrogen-bond acceptors (Lipinski definition) is 8. The second-order valence-corrected chi connectivity index (χ2v) is 51.1. The van der Waals surface area contributed by atoms with Crippen LogP contribution in [0.4, 0.5) is 22.0 Å². The van der Waals surface area contributed by atoms with E-state index in [1.165, 1.54) is 209 Å². The molecule has 20 aliphatic rings. The first-order valence-corrected chi connectivity index (χ1v) is 53.7. The van der Waals surface area contributed by atoms with Gasteiger partial charge >= 0.3 is 0 Å². The van der Waals surface area contributed by atoms with Crippen molar-refractivity contribution >= 4 is 15.9 Å². The van der Waals surface area contributed by atoms with Crippen LogP contribution in [0.3, 0.4) is 0 Å². The fraction of sp³-hybridized carbons (Fsp3) is 0.910. The number of ether oxygens (including phenoxy) is 1. The second kappa shape index (κ2) is 37.5. The Bertz CT molecular complexity index is 3690. The quantitative estimate of drug-likeness (QED) is 0.0516. The van der Waals surface area contributed by atoms with E-state index >= 15 is 0 Å². The molecule has 20 rings (SSSR count). The lowest BCUT2D eigenvalue weighted by atomic mass is 9.48. The number of methoxy groups -OCH3 is 1. The Hall–Kier alpha value is -1.49. The van der Waals surface area contributed by atoms with Gasteiger partial charge in [-0.2, -0.15) is 0 Å². The minimum Gasteiger partial charge on any atom is -0.392 e. The first-order chi connectivity index (χ1) is 59.4. The highest BCUT2D eigenvalue weighted by atomic mass is 79.9. The van der Waals surface area contributed by atoms with Crippen molar-refractivity contribution in [3.05, 3.63) is 60.8 Å². The van der Waals surface area contributed by atoms with Crippen LogP contribution < -0.4 is 0 Å². The van der Waals surface area contributed by atoms with Gasteiger partial charge in [0.05, 0.1) is 42.2 Å². The summed E-state index contributed by atoms with van der Waals surface area (Å²) in [5.41, 5.74) is 2.97. The summed E-state index contributed by atoms with van der Waals surface area (Å²) in [5.74, 6) is 21.7. The number of alkyl halides is 6. The standard InChI is InChI=1S/C23H38O3.C22H34BrFO.C22H34F2O.C22H35FO2.C22H35FO/c1-15(13-24)20-6-7-21-19-5-4-16-12-23(25,14-26-3)11-9-17(16)18(19)8-10-22(20,21)2;1-14(12-23)19-5-6-20-18-4-3-15-11-22(25,13-24)10-8-16(15)17(18)7-9-21(19,20)2;1-13(2)18-6-7-19-17-5-4-14-12-22(25,20(23)24)11-9-15(14)16(17)8-10-21(18,19)3;1-14(12-24)19-5-6-20-18-4-3-15-11-22(25,13-23)10-8-16(15)17(18)7-9-21(19,20)2;1-14(2)19-6-7-20-18-5-4-15-12-22(24,13-23)11-9-16(15)17(18)8-10-21(19,20)3/h16-21,24-25H,1,4-14H2,2-3H3;15-20,25H,1,3-13H2,2H3;14-20,25H,1,4-12H2,2-3H3;15-20,24-25H,1,3-13H2,2H3;15-20,24H,1,4-13H2,2-3H3/t16-,17+,18-,19-,20-,21+,22-,23-;15-,16+,17-,18-,19-,20+,21-,22-;14-,15+,16-,17-,18-,19+,21-,22-;2*15-,16+,17-,18-,19-,20+,21-,22-/m11111/s1. The van der Waals surface area contributed by atoms with Crippen molar-refractivity contribution in [1.29, 1.82) is 0 Å². The van der Waals surface area contributed by atoms with Gasteiger partial charge in [0.25, 0.3) is 6.43 Å². The molecule has 0 unspecified atom stereocenters. The van der Waals surface area contributed by atoms with Gasteiger partial charge in [0.2, 0.25) is 0 Å². The zero-order valence-corrected chi connectivity index (χ0v) is 81.1. The van der Waals surface area contributed by atoms with Crippen molar-refractivity contribution in [2.75, 3.05) is 52.3 Å². The molecule has 0 spiro atoms. The number of hydrogen-bond donors (Lipinski definition) is 7. The van der Waals surface area contributed by atoms with E-state index in [1.54, 1.807) is 7.11 Å². The molecule has 0 amide bonds. The molecule has 0 heterocycles. The first-order valence-electron chi connectivity index (χ1n) is 52.6. The number of fused-ring (bicyclic) bond motifs is 25. The molecule has 14 heteroatoms. The topological polar surface area (TPSA) is 151 Å². The molecule has 0 aromatic carbocycles. The SMILES string of the molecule is C=C(C)[C@H]1CC[C@H]2[C@@H]3CC[C@@H]4C[C@@](O)(C(F)F)CC[C@@H]4[C@H]3CC[C@]12C.C=C(C)[C@H]1CC[C@H]2[C@@H]3CC[C@@H]4C[C@@](O)(CF)CC[C@@H]4[C@H]3CC[C@]12C.C=C(CBr)[C@H]1CC[C@H]2[C@@H]3CC[C@@H]4C[C@@](O)(CF)CC[C@@H]4[C@H]3CC[C@]12C.C=C(CO)[C@H]1CC[C@H]2[C@@H]3CC[C@@H]4C[C@@](O)(CF)CC[C@@H]4[C@H]3CC[C@]12C.C=C(CO)[C@H]1CC[C@H]2[C@@H]3CC[C@@H]4C[C@@](O)(COC)CC[C@@H]4[C@H]3CC[C@]12C. The second-order valence-electron chi connectivity index (χ2n) is 50.5. The Labute approximate surface area is 763 Å². The predicted molar refractivity (Wildman–Crippen MR) is 499 cm³/mol. The Morgan fingerprint density at radius 1 is 0.312 bits per heavy atom. The summed E-state index contributed by atoms with van der Waals surface area (Å²) in [4.78, 5) is 0. The van der Waals surface area contributed by atoms with Crippen LogP contribution in [0.15, 0.2) is 60.8 Å². The predicted octanol–water partition coefficient (Wildman–Crippen LogP) is 26.0. The molecule has 40 atom stereocenters. The van der Waals surface area contributed by atoms with Crippen molar-refractivity contribution in [2.45, 2.75) is 372 Å². The minimum absolute atomic E-state index is 0.133. The summed E-state index contributed by atoms with van der Waals surface area (Å²) in [6, 6.07) is 0. The fourth-order valence-corrected chi connectivity index (χ4v) is 40.1. The van der Waals surface area contributed by atoms with Crippen LogP contribution in [0.25, 0.3) is 0 Å². The molecule has 125 heavy (non-hydrogen) atoms. The van der Waals surface area contributed by atoms with Crippen molar-refractivity contribution in [1.82, 2.24) is 0 Å². The number of aliphatic hydroxyl groups excluding tert-OH is 2. The van der Waals surface area contributed by atoms with Crippen LogP contribution in [0.5, 0.6) is 0 Å². The normalized spacial score (nSPS) is 52.2. The van der Waals surface area contributed by atoms with Gasteiger partial charge in [-0.25, -0.2) is 22.0 Å². The highest BCUT2D eigenvalue weighted by Gasteiger charge is 2.65. The van der Waals surface area contributed by atoms with Crippen LogP contribution in [0.1, 0.15) is 337 Å². The van der Waals surface area contributed by atoms with Gasteiger partial charge in [0.15, 0.2) is 0 Å². The third-order valence-electron chi connectivity index (χ3n) is 45.3. The highest BCUT2D eigenvalue weighted by Crippen LogP contribution is 2.73. The van der Waals surface area contributed by atoms with Crippen LogP contribution in [-0.2, 0) is 4.74 Å². The van der Waals surface area contributed by atoms with Crippen LogP contribution in [0, 0.1) is 205 Å². The van der Waals surface area contributed by atoms with E-state index in [9.17, 15) is 57.7 Å². The molecule has 8 nitrogen and oxygen atoms in total. The molecule has 0 saturated heterocycles. The molecular formula is C111H176BrF5O8. The van der Waals surface area contributed by atoms with Gasteiger partial charge in [0, 0.05) is 12.4 Å². The molecule has 0 radical (unpaired) electrons. The Morgan fingerprint density at radius 2 is 0.552 bits per heavy atom. The lowest BCUT2D eigenvalue weighted by Gasteiger charge is -2.57. The lowest BCUT2D eigenvalue weighted by Crippen LogP contribution is -2.52. The van der Waals surface area contributed by atoms with E-state index in [1.807, 2.05) is 0 Å². The molecule has 7 N–H and O–H groups in total. The van der Waals surface area contributed by atoms with Gasteiger partial charge in [-0.05, 0) is 519 Å². The molecule has 0 aromatic heterocycles. The summed E-state index contributed by atoms with van der Waals surface area (Å²) < 4.78 is 71.6. The van der Waals surface area contributed by atoms with Crippen molar-refractivity contribution in [2.24, 2.45) is 205 Å². The molecule has 710 valence electrons. The van der Waals surface area contributed by atoms with E-state index < -0.39 is 54.5 Å². The summed E-state index contributed by atoms with van der Waals surface area (Å²) in [7, 11) is 1.71. The average Bonchev–Trinajstić information content (AvgIpc) is 1.64. The van der Waals surface area contributed by atoms with E-state index in [4.69, 9.17) is 4.74 Å². The van der Waals surface area contributed by atoms with Crippen molar-refractivity contribution in [3.63, 3.8) is 0 Å². The number of allylic oxidation sites excluding steroid dienone is 3. The van der Waals surface area contributed by atoms with Gasteiger partial charge in [0.1, 0.15) is 25.6 Å². The molecular weight excluding hydrogens is 1640 g/mol. The highest BCUT2D eigenvalue weighted by molar-refractivity contribution is 9.09. The summed E-state index contributed by atoms with van der Waals surface area (Å²) in [6.45, 7) is 37.4. The maximum absolute atomic E-state index is 13.3. The molecule has 0 aromatic rings. The van der Waals surface area contributed by atoms with Crippen LogP contribution >= 0.6 is 15.9 Å². The van der Waals surface area contributed by atoms with E-state index in [0.717, 1.165) is 168 Å². The Kier molecular flexibility index (Phi) is 29.0. The maximum atomic E-state index is 13.3. The summed E-state index contributed by atoms with van der Waals surface area (Å²) in [5, 5.41) is 72.6. The summed E-state index contributed by atoms with van der Waals surface area (Å²) >= 11 is 3.64. The minimum atomic E-state index is -2.59. The molecule has 0 bridgehead atoms. The third-order valence-corrected chi connectivity index (χ3v) is 46.0. The maximum Gasteiger partial charge on any atom is 0.266 e.